The van der Waals surface area contributed by atoms with Gasteiger partial charge < -0.3 is 9.84 Å². The first-order valence-corrected chi connectivity index (χ1v) is 6.15. The third kappa shape index (κ3) is 2.87. The summed E-state index contributed by atoms with van der Waals surface area (Å²) in [5.74, 6) is 1.30. The molecule has 1 N–H and O–H groups in total. The number of nitrogens with one attached hydrogen (secondary N) is 1. The molecule has 0 radical (unpaired) electrons. The molecule has 0 aliphatic carbocycles. The van der Waals surface area contributed by atoms with Gasteiger partial charge in [-0.3, -0.25) is 0 Å². The summed E-state index contributed by atoms with van der Waals surface area (Å²) in [7, 11) is 0. The lowest BCUT2D eigenvalue weighted by atomic mass is 10.4. The predicted molar refractivity (Wildman–Crippen MR) is 61.6 cm³/mol. The third-order valence-electron chi connectivity index (χ3n) is 1.82. The first-order valence-electron chi connectivity index (χ1n) is 4.47. The highest BCUT2D eigenvalue weighted by Gasteiger charge is 2.03. The van der Waals surface area contributed by atoms with E-state index in [0.717, 1.165) is 11.0 Å². The van der Waals surface area contributed by atoms with Crippen LogP contribution in [0.25, 0.3) is 0 Å². The quantitative estimate of drug-likeness (QED) is 0.939. The highest BCUT2D eigenvalue weighted by molar-refractivity contribution is 9.10. The maximum Gasteiger partial charge on any atom is 0.240 e. The van der Waals surface area contributed by atoms with Crippen LogP contribution in [0, 0.1) is 6.92 Å². The molecule has 4 nitrogen and oxygen atoms in total. The molecule has 0 aromatic carbocycles. The number of hydrogen-bond acceptors (Lipinski definition) is 5. The average Bonchev–Trinajstić information content (AvgIpc) is 2.77. The van der Waals surface area contributed by atoms with E-state index in [1.165, 1.54) is 4.88 Å². The van der Waals surface area contributed by atoms with E-state index in [2.05, 4.69) is 36.8 Å². The van der Waals surface area contributed by atoms with E-state index in [9.17, 15) is 0 Å². The van der Waals surface area contributed by atoms with Crippen LogP contribution in [0.5, 0.6) is 0 Å². The molecule has 0 atom stereocenters. The number of rotatable bonds is 4. The van der Waals surface area contributed by atoms with Crippen molar-refractivity contribution in [2.24, 2.45) is 0 Å². The predicted octanol–water partition coefficient (Wildman–Crippen LogP) is 2.49. The summed E-state index contributed by atoms with van der Waals surface area (Å²) in [5, 5.41) is 9.01. The van der Waals surface area contributed by atoms with Crippen molar-refractivity contribution in [2.45, 2.75) is 20.0 Å². The molecule has 0 saturated heterocycles. The standard InChI is InChI=1S/C9H10BrN3OS/c1-6-12-9(14-13-6)5-11-4-8-7(10)2-3-15-8/h2-3,11H,4-5H2,1H3. The van der Waals surface area contributed by atoms with Gasteiger partial charge in [0.05, 0.1) is 6.54 Å². The maximum atomic E-state index is 4.98. The lowest BCUT2D eigenvalue weighted by Gasteiger charge is -1.99. The van der Waals surface area contributed by atoms with Crippen LogP contribution in [0.1, 0.15) is 16.6 Å². The lowest BCUT2D eigenvalue weighted by molar-refractivity contribution is 0.364. The second-order valence-corrected chi connectivity index (χ2v) is 4.89. The molecule has 2 aromatic rings. The normalized spacial score (nSPS) is 10.8. The number of hydrogen-bond donors (Lipinski definition) is 1. The van der Waals surface area contributed by atoms with E-state index in [-0.39, 0.29) is 0 Å². The first-order chi connectivity index (χ1) is 7.25. The van der Waals surface area contributed by atoms with Gasteiger partial charge in [0.25, 0.3) is 0 Å². The van der Waals surface area contributed by atoms with Crippen LogP contribution in [0.15, 0.2) is 20.4 Å². The van der Waals surface area contributed by atoms with Gasteiger partial charge in [-0.05, 0) is 34.3 Å². The first kappa shape index (κ1) is 10.8. The van der Waals surface area contributed by atoms with E-state index < -0.39 is 0 Å². The Kier molecular flexibility index (Phi) is 3.50. The van der Waals surface area contributed by atoms with Gasteiger partial charge in [-0.15, -0.1) is 11.3 Å². The topological polar surface area (TPSA) is 51.0 Å². The number of aromatic nitrogens is 2. The number of thiophene rings is 1. The van der Waals surface area contributed by atoms with Crippen molar-refractivity contribution in [3.8, 4) is 0 Å². The number of nitrogens with zero attached hydrogens (tertiary/aromatic N) is 2. The van der Waals surface area contributed by atoms with Crippen molar-refractivity contribution in [3.63, 3.8) is 0 Å². The van der Waals surface area contributed by atoms with Gasteiger partial charge in [-0.2, -0.15) is 4.98 Å². The molecule has 0 fully saturated rings. The molecular formula is C9H10BrN3OS. The van der Waals surface area contributed by atoms with Gasteiger partial charge in [0.2, 0.25) is 5.89 Å². The van der Waals surface area contributed by atoms with Crippen molar-refractivity contribution in [3.05, 3.63) is 32.5 Å². The highest BCUT2D eigenvalue weighted by atomic mass is 79.9. The Morgan fingerprint density at radius 1 is 1.53 bits per heavy atom. The van der Waals surface area contributed by atoms with Crippen LogP contribution in [0.3, 0.4) is 0 Å². The Morgan fingerprint density at radius 3 is 3.00 bits per heavy atom. The van der Waals surface area contributed by atoms with Crippen molar-refractivity contribution >= 4 is 27.3 Å². The Bertz CT molecular complexity index is 440. The SMILES string of the molecule is Cc1noc(CNCc2sccc2Br)n1. The molecule has 15 heavy (non-hydrogen) atoms. The lowest BCUT2D eigenvalue weighted by Crippen LogP contribution is -2.12. The summed E-state index contributed by atoms with van der Waals surface area (Å²) in [4.78, 5) is 5.37. The molecule has 0 aliphatic rings. The van der Waals surface area contributed by atoms with E-state index >= 15 is 0 Å². The molecule has 0 unspecified atom stereocenters. The molecule has 6 heteroatoms. The van der Waals surface area contributed by atoms with Gasteiger partial charge in [-0.1, -0.05) is 5.16 Å². The van der Waals surface area contributed by atoms with E-state index in [1.807, 2.05) is 13.0 Å². The fourth-order valence-corrected chi connectivity index (χ4v) is 2.61. The fourth-order valence-electron chi connectivity index (χ4n) is 1.15. The summed E-state index contributed by atoms with van der Waals surface area (Å²) in [6.45, 7) is 3.22. The van der Waals surface area contributed by atoms with E-state index in [0.29, 0.717) is 18.3 Å². The Labute approximate surface area is 99.8 Å². The largest absolute Gasteiger partial charge is 0.338 e. The Morgan fingerprint density at radius 2 is 2.40 bits per heavy atom. The van der Waals surface area contributed by atoms with Gasteiger partial charge in [0.15, 0.2) is 5.82 Å². The summed E-state index contributed by atoms with van der Waals surface area (Å²) in [5.41, 5.74) is 0. The zero-order chi connectivity index (χ0) is 10.7. The second-order valence-electron chi connectivity index (χ2n) is 3.03. The van der Waals surface area contributed by atoms with Crippen LogP contribution in [-0.4, -0.2) is 10.1 Å². The van der Waals surface area contributed by atoms with Crippen molar-refractivity contribution in [2.75, 3.05) is 0 Å². The van der Waals surface area contributed by atoms with Crippen molar-refractivity contribution in [1.29, 1.82) is 0 Å². The Balaban J connectivity index is 1.83. The minimum atomic E-state index is 0.602. The van der Waals surface area contributed by atoms with Crippen LogP contribution in [0.4, 0.5) is 0 Å². The van der Waals surface area contributed by atoms with Crippen LogP contribution >= 0.6 is 27.3 Å². The molecule has 0 amide bonds. The highest BCUT2D eigenvalue weighted by Crippen LogP contribution is 2.22. The van der Waals surface area contributed by atoms with Gasteiger partial charge >= 0.3 is 0 Å². The molecule has 0 aliphatic heterocycles. The molecule has 0 bridgehead atoms. The van der Waals surface area contributed by atoms with E-state index in [1.54, 1.807) is 11.3 Å². The Hall–Kier alpha value is -0.720. The monoisotopic (exact) mass is 287 g/mol. The van der Waals surface area contributed by atoms with Crippen LogP contribution in [-0.2, 0) is 13.1 Å². The summed E-state index contributed by atoms with van der Waals surface area (Å²) in [6, 6.07) is 2.04. The van der Waals surface area contributed by atoms with E-state index in [4.69, 9.17) is 4.52 Å². The molecule has 80 valence electrons. The number of halogens is 1. The molecule has 2 rings (SSSR count). The minimum Gasteiger partial charge on any atom is -0.338 e. The van der Waals surface area contributed by atoms with Crippen LogP contribution < -0.4 is 5.32 Å². The summed E-state index contributed by atoms with van der Waals surface area (Å²) in [6.07, 6.45) is 0. The molecule has 0 spiro atoms. The van der Waals surface area contributed by atoms with Gasteiger partial charge in [0.1, 0.15) is 0 Å². The molecular weight excluding hydrogens is 278 g/mol. The molecule has 0 saturated carbocycles. The fraction of sp³-hybridized carbons (Fsp3) is 0.333. The van der Waals surface area contributed by atoms with Crippen molar-refractivity contribution in [1.82, 2.24) is 15.5 Å². The maximum absolute atomic E-state index is 4.98. The smallest absolute Gasteiger partial charge is 0.240 e. The van der Waals surface area contributed by atoms with Crippen molar-refractivity contribution < 1.29 is 4.52 Å². The molecule has 2 aromatic heterocycles. The van der Waals surface area contributed by atoms with Gasteiger partial charge in [0, 0.05) is 15.9 Å². The summed E-state index contributed by atoms with van der Waals surface area (Å²) >= 11 is 5.19. The molecule has 2 heterocycles. The zero-order valence-electron chi connectivity index (χ0n) is 8.16. The van der Waals surface area contributed by atoms with Crippen LogP contribution in [0.2, 0.25) is 0 Å². The number of aryl methyl sites for hydroxylation is 1. The van der Waals surface area contributed by atoms with Gasteiger partial charge in [-0.25, -0.2) is 0 Å². The minimum absolute atomic E-state index is 0.602. The third-order valence-corrected chi connectivity index (χ3v) is 3.75. The summed E-state index contributed by atoms with van der Waals surface area (Å²) < 4.78 is 6.12. The second kappa shape index (κ2) is 4.87. The average molecular weight is 288 g/mol. The zero-order valence-corrected chi connectivity index (χ0v) is 10.6.